The van der Waals surface area contributed by atoms with Crippen LogP contribution in [-0.2, 0) is 11.3 Å². The number of hydrogen-bond donors (Lipinski definition) is 0. The Hall–Kier alpha value is -1.09. The Kier molecular flexibility index (Phi) is 1.96. The highest BCUT2D eigenvalue weighted by Crippen LogP contribution is 2.25. The van der Waals surface area contributed by atoms with Crippen LogP contribution in [-0.4, -0.2) is 11.3 Å². The summed E-state index contributed by atoms with van der Waals surface area (Å²) in [5.41, 5.74) is 1.08. The highest BCUT2D eigenvalue weighted by molar-refractivity contribution is 5.30. The monoisotopic (exact) mass is 165 g/mol. The van der Waals surface area contributed by atoms with Crippen molar-refractivity contribution in [3.8, 4) is 5.75 Å². The van der Waals surface area contributed by atoms with Crippen molar-refractivity contribution in [1.29, 1.82) is 0 Å². The predicted molar refractivity (Wildman–Crippen MR) is 43.7 cm³/mol. The quantitative estimate of drug-likeness (QED) is 0.635. The lowest BCUT2D eigenvalue weighted by Gasteiger charge is -2.24. The Morgan fingerprint density at radius 2 is 2.58 bits per heavy atom. The number of aromatic nitrogens is 1. The average molecular weight is 165 g/mol. The lowest BCUT2D eigenvalue weighted by atomic mass is 10.2. The zero-order valence-electron chi connectivity index (χ0n) is 6.99. The van der Waals surface area contributed by atoms with Gasteiger partial charge in [-0.2, -0.15) is 0 Å². The molecule has 0 saturated carbocycles. The van der Waals surface area contributed by atoms with Crippen molar-refractivity contribution in [2.75, 3.05) is 0 Å². The van der Waals surface area contributed by atoms with E-state index < -0.39 is 0 Å². The van der Waals surface area contributed by atoms with Crippen LogP contribution in [0.15, 0.2) is 18.5 Å². The van der Waals surface area contributed by atoms with Gasteiger partial charge in [-0.05, 0) is 6.07 Å². The molecule has 12 heavy (non-hydrogen) atoms. The zero-order chi connectivity index (χ0) is 8.39. The van der Waals surface area contributed by atoms with Gasteiger partial charge in [-0.3, -0.25) is 4.98 Å². The van der Waals surface area contributed by atoms with Gasteiger partial charge in [0.25, 0.3) is 0 Å². The summed E-state index contributed by atoms with van der Waals surface area (Å²) in [4.78, 5) is 3.99. The van der Waals surface area contributed by atoms with Crippen LogP contribution in [0, 0.1) is 0 Å². The molecule has 1 aliphatic heterocycles. The zero-order valence-corrected chi connectivity index (χ0v) is 6.99. The number of hydrogen-bond acceptors (Lipinski definition) is 3. The number of ether oxygens (including phenoxy) is 2. The minimum atomic E-state index is -0.0956. The second-order valence-corrected chi connectivity index (χ2v) is 2.75. The van der Waals surface area contributed by atoms with Gasteiger partial charge in [-0.15, -0.1) is 0 Å². The molecule has 0 radical (unpaired) electrons. The fourth-order valence-electron chi connectivity index (χ4n) is 1.19. The molecular formula is C9H11NO2. The van der Waals surface area contributed by atoms with Crippen LogP contribution >= 0.6 is 0 Å². The maximum Gasteiger partial charge on any atom is 0.200 e. The highest BCUT2D eigenvalue weighted by atomic mass is 16.7. The fraction of sp³-hybridized carbons (Fsp3) is 0.444. The topological polar surface area (TPSA) is 31.4 Å². The van der Waals surface area contributed by atoms with Crippen LogP contribution in [0.4, 0.5) is 0 Å². The molecule has 0 bridgehead atoms. The molecule has 1 aromatic rings. The molecule has 3 heteroatoms. The van der Waals surface area contributed by atoms with Crippen LogP contribution in [0.2, 0.25) is 0 Å². The standard InChI is InChI=1S/C9H11NO2/c1-2-9-11-6-7-3-4-10-5-8(7)12-9/h3-5,9H,2,6H2,1H3. The number of pyridine rings is 1. The predicted octanol–water partition coefficient (Wildman–Crippen LogP) is 1.73. The molecule has 0 spiro atoms. The molecule has 2 rings (SSSR count). The van der Waals surface area contributed by atoms with Gasteiger partial charge >= 0.3 is 0 Å². The molecule has 0 aromatic carbocycles. The van der Waals surface area contributed by atoms with Gasteiger partial charge in [-0.1, -0.05) is 6.92 Å². The lowest BCUT2D eigenvalue weighted by molar-refractivity contribution is -0.109. The molecule has 64 valence electrons. The first-order valence-corrected chi connectivity index (χ1v) is 4.11. The van der Waals surface area contributed by atoms with Crippen LogP contribution < -0.4 is 4.74 Å². The van der Waals surface area contributed by atoms with E-state index in [4.69, 9.17) is 9.47 Å². The summed E-state index contributed by atoms with van der Waals surface area (Å²) < 4.78 is 10.9. The minimum Gasteiger partial charge on any atom is -0.463 e. The van der Waals surface area contributed by atoms with E-state index in [1.54, 1.807) is 12.4 Å². The van der Waals surface area contributed by atoms with E-state index in [1.165, 1.54) is 0 Å². The number of nitrogens with zero attached hydrogens (tertiary/aromatic N) is 1. The molecule has 0 N–H and O–H groups in total. The molecule has 1 aliphatic rings. The fourth-order valence-corrected chi connectivity index (χ4v) is 1.19. The summed E-state index contributed by atoms with van der Waals surface area (Å²) >= 11 is 0. The first-order chi connectivity index (χ1) is 5.90. The molecule has 1 aromatic heterocycles. The number of rotatable bonds is 1. The van der Waals surface area contributed by atoms with Crippen molar-refractivity contribution in [2.45, 2.75) is 26.2 Å². The smallest absolute Gasteiger partial charge is 0.200 e. The molecule has 0 amide bonds. The van der Waals surface area contributed by atoms with Crippen molar-refractivity contribution in [2.24, 2.45) is 0 Å². The molecule has 3 nitrogen and oxygen atoms in total. The summed E-state index contributed by atoms with van der Waals surface area (Å²) in [6.07, 6.45) is 4.26. The Morgan fingerprint density at radius 1 is 1.67 bits per heavy atom. The van der Waals surface area contributed by atoms with E-state index in [-0.39, 0.29) is 6.29 Å². The van der Waals surface area contributed by atoms with E-state index in [1.807, 2.05) is 13.0 Å². The maximum absolute atomic E-state index is 5.50. The van der Waals surface area contributed by atoms with Crippen LogP contribution in [0.1, 0.15) is 18.9 Å². The Bertz CT molecular complexity index is 275. The molecular weight excluding hydrogens is 154 g/mol. The third-order valence-electron chi connectivity index (χ3n) is 1.89. The van der Waals surface area contributed by atoms with Crippen molar-refractivity contribution < 1.29 is 9.47 Å². The van der Waals surface area contributed by atoms with Gasteiger partial charge in [0.1, 0.15) is 5.75 Å². The average Bonchev–Trinajstić information content (AvgIpc) is 2.17. The Morgan fingerprint density at radius 3 is 3.42 bits per heavy atom. The summed E-state index contributed by atoms with van der Waals surface area (Å²) in [6.45, 7) is 2.67. The Labute approximate surface area is 71.3 Å². The number of fused-ring (bicyclic) bond motifs is 1. The first kappa shape index (κ1) is 7.55. The molecule has 1 atom stereocenters. The molecule has 2 heterocycles. The van der Waals surface area contributed by atoms with Gasteiger partial charge in [-0.25, -0.2) is 0 Å². The van der Waals surface area contributed by atoms with Gasteiger partial charge in [0, 0.05) is 18.2 Å². The maximum atomic E-state index is 5.50. The van der Waals surface area contributed by atoms with E-state index >= 15 is 0 Å². The minimum absolute atomic E-state index is 0.0956. The third kappa shape index (κ3) is 1.28. The second kappa shape index (κ2) is 3.11. The summed E-state index contributed by atoms with van der Waals surface area (Å²) in [5, 5.41) is 0. The van der Waals surface area contributed by atoms with Gasteiger partial charge in [0.15, 0.2) is 6.29 Å². The lowest BCUT2D eigenvalue weighted by Crippen LogP contribution is -2.24. The highest BCUT2D eigenvalue weighted by Gasteiger charge is 2.17. The summed E-state index contributed by atoms with van der Waals surface area (Å²) in [6, 6.07) is 1.92. The van der Waals surface area contributed by atoms with Gasteiger partial charge in [0.05, 0.1) is 12.8 Å². The van der Waals surface area contributed by atoms with E-state index in [0.29, 0.717) is 6.61 Å². The molecule has 0 saturated heterocycles. The van der Waals surface area contributed by atoms with Crippen molar-refractivity contribution >= 4 is 0 Å². The van der Waals surface area contributed by atoms with E-state index in [0.717, 1.165) is 17.7 Å². The third-order valence-corrected chi connectivity index (χ3v) is 1.89. The van der Waals surface area contributed by atoms with E-state index in [9.17, 15) is 0 Å². The molecule has 0 fully saturated rings. The van der Waals surface area contributed by atoms with Crippen molar-refractivity contribution in [3.63, 3.8) is 0 Å². The second-order valence-electron chi connectivity index (χ2n) is 2.75. The van der Waals surface area contributed by atoms with Crippen LogP contribution in [0.3, 0.4) is 0 Å². The SMILES string of the molecule is CCC1OCc2ccncc2O1. The van der Waals surface area contributed by atoms with Crippen molar-refractivity contribution in [3.05, 3.63) is 24.0 Å². The summed E-state index contributed by atoms with van der Waals surface area (Å²) in [5.74, 6) is 0.857. The molecule has 0 aliphatic carbocycles. The van der Waals surface area contributed by atoms with Gasteiger partial charge in [0.2, 0.25) is 0 Å². The molecule has 1 unspecified atom stereocenters. The Balaban J connectivity index is 2.23. The van der Waals surface area contributed by atoms with Crippen molar-refractivity contribution in [1.82, 2.24) is 4.98 Å². The van der Waals surface area contributed by atoms with Crippen LogP contribution in [0.5, 0.6) is 5.75 Å². The normalized spacial score (nSPS) is 21.2. The summed E-state index contributed by atoms with van der Waals surface area (Å²) in [7, 11) is 0. The van der Waals surface area contributed by atoms with Crippen LogP contribution in [0.25, 0.3) is 0 Å². The van der Waals surface area contributed by atoms with E-state index in [2.05, 4.69) is 4.98 Å². The largest absolute Gasteiger partial charge is 0.463 e. The first-order valence-electron chi connectivity index (χ1n) is 4.11. The van der Waals surface area contributed by atoms with Gasteiger partial charge < -0.3 is 9.47 Å².